The molecular weight excluding hydrogens is 362 g/mol. The minimum Gasteiger partial charge on any atom is -0.467 e. The molecule has 0 spiro atoms. The fraction of sp³-hybridized carbons (Fsp3) is 0.550. The van der Waals surface area contributed by atoms with Gasteiger partial charge in [-0.3, -0.25) is 14.9 Å². The molecule has 4 aliphatic rings. The lowest BCUT2D eigenvalue weighted by atomic mass is 9.49. The number of hydrogen-bond donors (Lipinski definition) is 2. The van der Waals surface area contributed by atoms with Gasteiger partial charge in [0.2, 0.25) is 0 Å². The quantitative estimate of drug-likeness (QED) is 0.790. The number of hydrogen-bond acceptors (Lipinski definition) is 5. The van der Waals surface area contributed by atoms with Gasteiger partial charge in [-0.25, -0.2) is 4.98 Å². The minimum atomic E-state index is -0.687. The summed E-state index contributed by atoms with van der Waals surface area (Å²) in [4.78, 5) is 28.8. The van der Waals surface area contributed by atoms with Crippen LogP contribution in [0.2, 0.25) is 0 Å². The Labute approximate surface area is 161 Å². The molecule has 7 heteroatoms. The molecule has 2 N–H and O–H groups in total. The van der Waals surface area contributed by atoms with E-state index in [0.29, 0.717) is 10.9 Å². The zero-order chi connectivity index (χ0) is 18.4. The van der Waals surface area contributed by atoms with Crippen molar-refractivity contribution >= 4 is 28.3 Å². The van der Waals surface area contributed by atoms with E-state index in [1.54, 1.807) is 12.1 Å². The van der Waals surface area contributed by atoms with E-state index in [2.05, 4.69) is 16.0 Å². The summed E-state index contributed by atoms with van der Waals surface area (Å²) in [5, 5.41) is 7.80. The van der Waals surface area contributed by atoms with Crippen molar-refractivity contribution in [2.45, 2.75) is 50.5 Å². The van der Waals surface area contributed by atoms with Gasteiger partial charge in [0.25, 0.3) is 0 Å². The summed E-state index contributed by atoms with van der Waals surface area (Å²) >= 11 is 1.42. The van der Waals surface area contributed by atoms with Crippen LogP contribution in [0.15, 0.2) is 28.2 Å². The molecule has 6 rings (SSSR count). The Hall–Kier alpha value is -2.15. The molecule has 4 saturated carbocycles. The van der Waals surface area contributed by atoms with E-state index in [1.165, 1.54) is 56.1 Å². The first-order valence-corrected chi connectivity index (χ1v) is 10.6. The lowest BCUT2D eigenvalue weighted by Crippen LogP contribution is -2.48. The minimum absolute atomic E-state index is 0.190. The monoisotopic (exact) mass is 385 g/mol. The number of carbonyl (C=O) groups is 2. The second kappa shape index (κ2) is 6.48. The number of amides is 2. The van der Waals surface area contributed by atoms with E-state index in [-0.39, 0.29) is 12.0 Å². The van der Waals surface area contributed by atoms with Crippen molar-refractivity contribution in [1.29, 1.82) is 0 Å². The van der Waals surface area contributed by atoms with Gasteiger partial charge in [-0.2, -0.15) is 0 Å². The molecule has 0 atom stereocenters. The summed E-state index contributed by atoms with van der Waals surface area (Å²) in [6, 6.07) is 3.49. The van der Waals surface area contributed by atoms with Crippen molar-refractivity contribution < 1.29 is 14.0 Å². The molecule has 0 saturated heterocycles. The van der Waals surface area contributed by atoms with Gasteiger partial charge in [-0.05, 0) is 68.4 Å². The largest absolute Gasteiger partial charge is 0.467 e. The number of nitrogens with zero attached hydrogens (tertiary/aromatic N) is 1. The van der Waals surface area contributed by atoms with E-state index >= 15 is 0 Å². The molecule has 0 aromatic carbocycles. The Morgan fingerprint density at radius 2 is 1.85 bits per heavy atom. The molecule has 2 aromatic heterocycles. The maximum atomic E-state index is 12.1. The Balaban J connectivity index is 1.23. The molecule has 0 unspecified atom stereocenters. The number of aromatic nitrogens is 1. The molecule has 0 aliphatic heterocycles. The fourth-order valence-corrected chi connectivity index (χ4v) is 6.64. The molecule has 2 aromatic rings. The van der Waals surface area contributed by atoms with Crippen LogP contribution in [0.1, 0.15) is 50.0 Å². The molecule has 4 aliphatic carbocycles. The van der Waals surface area contributed by atoms with E-state index in [0.717, 1.165) is 23.4 Å². The topological polar surface area (TPSA) is 84.2 Å². The lowest BCUT2D eigenvalue weighted by molar-refractivity contribution is -0.136. The highest BCUT2D eigenvalue weighted by Gasteiger charge is 2.52. The lowest BCUT2D eigenvalue weighted by Gasteiger charge is -2.56. The molecule has 142 valence electrons. The molecule has 4 bridgehead atoms. The van der Waals surface area contributed by atoms with Crippen LogP contribution in [0.3, 0.4) is 0 Å². The summed E-state index contributed by atoms with van der Waals surface area (Å²) in [5.74, 6) is 1.79. The standard InChI is InChI=1S/C20H23N3O3S/c24-17(21-10-15-2-1-3-26-15)18(25)23-19-22-16(11-27-19)20-7-12-4-13(8-20)6-14(5-12)9-20/h1-3,11-14H,4-10H2,(H,21,24)(H,22,23,25). The normalized spacial score (nSPS) is 31.0. The first-order chi connectivity index (χ1) is 13.1. The van der Waals surface area contributed by atoms with Crippen LogP contribution in [0.25, 0.3) is 0 Å². The maximum Gasteiger partial charge on any atom is 0.315 e. The molecule has 2 amide bonds. The van der Waals surface area contributed by atoms with Gasteiger partial charge >= 0.3 is 11.8 Å². The van der Waals surface area contributed by atoms with E-state index < -0.39 is 11.8 Å². The zero-order valence-electron chi connectivity index (χ0n) is 15.1. The third-order valence-electron chi connectivity index (χ3n) is 6.52. The van der Waals surface area contributed by atoms with Crippen LogP contribution in [0.5, 0.6) is 0 Å². The smallest absolute Gasteiger partial charge is 0.315 e. The van der Waals surface area contributed by atoms with E-state index in [1.807, 2.05) is 0 Å². The maximum absolute atomic E-state index is 12.1. The highest BCUT2D eigenvalue weighted by molar-refractivity contribution is 7.14. The number of nitrogens with one attached hydrogen (secondary N) is 2. The van der Waals surface area contributed by atoms with Gasteiger partial charge in [-0.15, -0.1) is 11.3 Å². The van der Waals surface area contributed by atoms with Crippen LogP contribution in [0.4, 0.5) is 5.13 Å². The third kappa shape index (κ3) is 3.18. The van der Waals surface area contributed by atoms with Crippen molar-refractivity contribution in [2.24, 2.45) is 17.8 Å². The van der Waals surface area contributed by atoms with Crippen molar-refractivity contribution in [3.05, 3.63) is 35.2 Å². The number of thiazole rings is 1. The van der Waals surface area contributed by atoms with Gasteiger partial charge in [-0.1, -0.05) is 0 Å². The molecule has 2 heterocycles. The zero-order valence-corrected chi connectivity index (χ0v) is 15.9. The summed E-state index contributed by atoms with van der Waals surface area (Å²) in [6.07, 6.45) is 9.41. The second-order valence-electron chi connectivity index (χ2n) is 8.45. The Morgan fingerprint density at radius 3 is 2.48 bits per heavy atom. The van der Waals surface area contributed by atoms with Crippen LogP contribution >= 0.6 is 11.3 Å². The van der Waals surface area contributed by atoms with Crippen molar-refractivity contribution in [3.8, 4) is 0 Å². The average Bonchev–Trinajstić information content (AvgIpc) is 3.30. The highest BCUT2D eigenvalue weighted by Crippen LogP contribution is 2.60. The molecule has 4 fully saturated rings. The summed E-state index contributed by atoms with van der Waals surface area (Å²) in [5.41, 5.74) is 1.33. The first kappa shape index (κ1) is 17.0. The van der Waals surface area contributed by atoms with E-state index in [9.17, 15) is 9.59 Å². The van der Waals surface area contributed by atoms with Gasteiger partial charge in [0.1, 0.15) is 5.76 Å². The predicted molar refractivity (Wildman–Crippen MR) is 101 cm³/mol. The number of carbonyl (C=O) groups excluding carboxylic acids is 2. The molecule has 0 radical (unpaired) electrons. The SMILES string of the molecule is O=C(NCc1ccco1)C(=O)Nc1nc(C23CC4CC(CC(C4)C2)C3)cs1. The Morgan fingerprint density at radius 1 is 1.15 bits per heavy atom. The second-order valence-corrected chi connectivity index (χ2v) is 9.31. The highest BCUT2D eigenvalue weighted by atomic mass is 32.1. The van der Waals surface area contributed by atoms with E-state index in [4.69, 9.17) is 9.40 Å². The number of furan rings is 1. The van der Waals surface area contributed by atoms with Gasteiger partial charge in [0.05, 0.1) is 18.5 Å². The van der Waals surface area contributed by atoms with Gasteiger partial charge < -0.3 is 9.73 Å². The van der Waals surface area contributed by atoms with Crippen LogP contribution in [-0.2, 0) is 21.5 Å². The summed E-state index contributed by atoms with van der Waals surface area (Å²) in [6.45, 7) is 0.190. The Bertz CT molecular complexity index is 822. The molecule has 6 nitrogen and oxygen atoms in total. The van der Waals surface area contributed by atoms with Crippen LogP contribution in [0, 0.1) is 17.8 Å². The fourth-order valence-electron chi connectivity index (χ4n) is 5.81. The summed E-state index contributed by atoms with van der Waals surface area (Å²) < 4.78 is 5.15. The third-order valence-corrected chi connectivity index (χ3v) is 7.27. The number of rotatable bonds is 4. The molecular formula is C20H23N3O3S. The van der Waals surface area contributed by atoms with Crippen molar-refractivity contribution in [3.63, 3.8) is 0 Å². The van der Waals surface area contributed by atoms with Crippen molar-refractivity contribution in [2.75, 3.05) is 5.32 Å². The first-order valence-electron chi connectivity index (χ1n) is 9.67. The van der Waals surface area contributed by atoms with Crippen LogP contribution in [-0.4, -0.2) is 16.8 Å². The molecule has 27 heavy (non-hydrogen) atoms. The van der Waals surface area contributed by atoms with Crippen molar-refractivity contribution in [1.82, 2.24) is 10.3 Å². The van der Waals surface area contributed by atoms with Gasteiger partial charge in [0, 0.05) is 10.8 Å². The summed E-state index contributed by atoms with van der Waals surface area (Å²) in [7, 11) is 0. The van der Waals surface area contributed by atoms with Gasteiger partial charge in [0.15, 0.2) is 5.13 Å². The predicted octanol–water partition coefficient (Wildman–Crippen LogP) is 3.46. The Kier molecular flexibility index (Phi) is 4.07. The average molecular weight is 385 g/mol. The van der Waals surface area contributed by atoms with Crippen LogP contribution < -0.4 is 10.6 Å². The number of anilines is 1.